The normalized spacial score (nSPS) is 27.6. The Morgan fingerprint density at radius 2 is 2.30 bits per heavy atom. The van der Waals surface area contributed by atoms with Gasteiger partial charge in [0.25, 0.3) is 0 Å². The van der Waals surface area contributed by atoms with Crippen LogP contribution in [0.1, 0.15) is 24.8 Å². The molecule has 3 rings (SSSR count). The van der Waals surface area contributed by atoms with Crippen LogP contribution in [0.2, 0.25) is 0 Å². The van der Waals surface area contributed by atoms with E-state index in [2.05, 4.69) is 10.3 Å². The lowest BCUT2D eigenvalue weighted by Gasteiger charge is -2.23. The molecular formula is C14H17N3O3. The van der Waals surface area contributed by atoms with Gasteiger partial charge in [0, 0.05) is 31.0 Å². The molecular weight excluding hydrogens is 258 g/mol. The summed E-state index contributed by atoms with van der Waals surface area (Å²) in [5.41, 5.74) is 0.933. The van der Waals surface area contributed by atoms with E-state index in [9.17, 15) is 14.7 Å². The summed E-state index contributed by atoms with van der Waals surface area (Å²) < 4.78 is 0. The third-order valence-electron chi connectivity index (χ3n) is 4.26. The van der Waals surface area contributed by atoms with Gasteiger partial charge in [-0.2, -0.15) is 0 Å². The highest BCUT2D eigenvalue weighted by atomic mass is 16.4. The van der Waals surface area contributed by atoms with Crippen molar-refractivity contribution >= 4 is 12.0 Å². The van der Waals surface area contributed by atoms with E-state index < -0.39 is 11.9 Å². The molecule has 2 saturated heterocycles. The highest BCUT2D eigenvalue weighted by molar-refractivity contribution is 5.79. The number of aromatic nitrogens is 1. The van der Waals surface area contributed by atoms with Gasteiger partial charge in [0.15, 0.2) is 0 Å². The van der Waals surface area contributed by atoms with Gasteiger partial charge >= 0.3 is 12.0 Å². The van der Waals surface area contributed by atoms with Crippen LogP contribution in [0.4, 0.5) is 4.79 Å². The molecule has 0 aliphatic carbocycles. The Labute approximate surface area is 116 Å². The third kappa shape index (κ3) is 2.21. The van der Waals surface area contributed by atoms with E-state index in [1.54, 1.807) is 17.3 Å². The Hall–Kier alpha value is -2.11. The van der Waals surface area contributed by atoms with E-state index >= 15 is 0 Å². The lowest BCUT2D eigenvalue weighted by molar-refractivity contribution is -0.142. The number of pyridine rings is 1. The van der Waals surface area contributed by atoms with Gasteiger partial charge in [-0.15, -0.1) is 0 Å². The molecule has 6 nitrogen and oxygen atoms in total. The van der Waals surface area contributed by atoms with Gasteiger partial charge in [0.05, 0.1) is 5.92 Å². The Kier molecular flexibility index (Phi) is 3.30. The van der Waals surface area contributed by atoms with E-state index in [1.165, 1.54) is 0 Å². The number of nitrogens with one attached hydrogen (secondary N) is 1. The van der Waals surface area contributed by atoms with Crippen molar-refractivity contribution in [2.75, 3.05) is 0 Å². The maximum absolute atomic E-state index is 12.2. The number of carboxylic acid groups (broad SMARTS) is 1. The van der Waals surface area contributed by atoms with Crippen molar-refractivity contribution in [2.24, 2.45) is 5.92 Å². The summed E-state index contributed by atoms with van der Waals surface area (Å²) in [7, 11) is 0. The van der Waals surface area contributed by atoms with Gasteiger partial charge in [-0.1, -0.05) is 6.07 Å². The molecule has 3 heterocycles. The van der Waals surface area contributed by atoms with Crippen molar-refractivity contribution < 1.29 is 14.7 Å². The quantitative estimate of drug-likeness (QED) is 0.869. The van der Waals surface area contributed by atoms with Gasteiger partial charge in [0.2, 0.25) is 0 Å². The molecule has 0 spiro atoms. The fraction of sp³-hybridized carbons (Fsp3) is 0.500. The van der Waals surface area contributed by atoms with Gasteiger partial charge in [-0.25, -0.2) is 4.79 Å². The molecule has 2 aliphatic rings. The average Bonchev–Trinajstić information content (AvgIpc) is 3.03. The molecule has 1 aromatic rings. The molecule has 0 radical (unpaired) electrons. The standard InChI is InChI=1S/C14H17N3O3/c18-13(19)11-6-10-3-4-12(11)17(10)14(20)16-8-9-2-1-5-15-7-9/h1-2,5,7,10-12H,3-4,6,8H2,(H,16,20)(H,18,19). The summed E-state index contributed by atoms with van der Waals surface area (Å²) in [5, 5.41) is 12.0. The van der Waals surface area contributed by atoms with Crippen LogP contribution in [0.3, 0.4) is 0 Å². The highest BCUT2D eigenvalue weighted by Gasteiger charge is 2.51. The number of carboxylic acids is 1. The second-order valence-corrected chi connectivity index (χ2v) is 5.41. The van der Waals surface area contributed by atoms with E-state index in [1.807, 2.05) is 12.1 Å². The van der Waals surface area contributed by atoms with E-state index in [-0.39, 0.29) is 18.1 Å². The summed E-state index contributed by atoms with van der Waals surface area (Å²) in [6, 6.07) is 3.49. The third-order valence-corrected chi connectivity index (χ3v) is 4.26. The van der Waals surface area contributed by atoms with E-state index in [0.717, 1.165) is 18.4 Å². The van der Waals surface area contributed by atoms with Crippen molar-refractivity contribution in [3.05, 3.63) is 30.1 Å². The predicted molar refractivity (Wildman–Crippen MR) is 70.9 cm³/mol. The minimum absolute atomic E-state index is 0.0787. The first-order valence-corrected chi connectivity index (χ1v) is 6.84. The molecule has 2 fully saturated rings. The maximum atomic E-state index is 12.2. The second kappa shape index (κ2) is 5.11. The summed E-state index contributed by atoms with van der Waals surface area (Å²) in [5.74, 6) is -1.19. The minimum Gasteiger partial charge on any atom is -0.481 e. The van der Waals surface area contributed by atoms with Crippen LogP contribution in [0.5, 0.6) is 0 Å². The second-order valence-electron chi connectivity index (χ2n) is 5.41. The molecule has 3 unspecified atom stereocenters. The molecule has 20 heavy (non-hydrogen) atoms. The van der Waals surface area contributed by atoms with Gasteiger partial charge in [-0.3, -0.25) is 9.78 Å². The summed E-state index contributed by atoms with van der Waals surface area (Å²) in [6.45, 7) is 0.417. The van der Waals surface area contributed by atoms with E-state index in [4.69, 9.17) is 0 Å². The van der Waals surface area contributed by atoms with Crippen molar-refractivity contribution in [3.8, 4) is 0 Å². The van der Waals surface area contributed by atoms with Crippen LogP contribution in [-0.4, -0.2) is 39.1 Å². The molecule has 2 N–H and O–H groups in total. The van der Waals surface area contributed by atoms with E-state index in [0.29, 0.717) is 13.0 Å². The maximum Gasteiger partial charge on any atom is 0.318 e. The van der Waals surface area contributed by atoms with Crippen LogP contribution in [0.25, 0.3) is 0 Å². The molecule has 1 aromatic heterocycles. The number of rotatable bonds is 3. The molecule has 106 valence electrons. The SMILES string of the molecule is O=C(O)C1CC2CCC1N2C(=O)NCc1cccnc1. The zero-order chi connectivity index (χ0) is 14.1. The Bertz CT molecular complexity index is 520. The Morgan fingerprint density at radius 1 is 1.45 bits per heavy atom. The largest absolute Gasteiger partial charge is 0.481 e. The zero-order valence-corrected chi connectivity index (χ0v) is 11.0. The van der Waals surface area contributed by atoms with Crippen LogP contribution < -0.4 is 5.32 Å². The smallest absolute Gasteiger partial charge is 0.318 e. The fourth-order valence-electron chi connectivity index (χ4n) is 3.34. The topological polar surface area (TPSA) is 82.5 Å². The molecule has 6 heteroatoms. The number of carbonyl (C=O) groups is 2. The Balaban J connectivity index is 1.62. The molecule has 3 atom stereocenters. The molecule has 0 saturated carbocycles. The Morgan fingerprint density at radius 3 is 2.95 bits per heavy atom. The molecule has 0 aromatic carbocycles. The number of carbonyl (C=O) groups excluding carboxylic acids is 1. The van der Waals surface area contributed by atoms with Crippen LogP contribution in [0.15, 0.2) is 24.5 Å². The first kappa shape index (κ1) is 12.9. The molecule has 2 aliphatic heterocycles. The van der Waals surface area contributed by atoms with Crippen molar-refractivity contribution in [1.82, 2.24) is 15.2 Å². The highest BCUT2D eigenvalue weighted by Crippen LogP contribution is 2.41. The first-order valence-electron chi connectivity index (χ1n) is 6.84. The molecule has 2 bridgehead atoms. The minimum atomic E-state index is -0.790. The lowest BCUT2D eigenvalue weighted by atomic mass is 9.89. The van der Waals surface area contributed by atoms with Crippen molar-refractivity contribution in [1.29, 1.82) is 0 Å². The first-order chi connectivity index (χ1) is 9.66. The predicted octanol–water partition coefficient (Wildman–Crippen LogP) is 1.23. The number of hydrogen-bond donors (Lipinski definition) is 2. The number of urea groups is 1. The van der Waals surface area contributed by atoms with Gasteiger partial charge < -0.3 is 15.3 Å². The van der Waals surface area contributed by atoms with Gasteiger partial charge in [-0.05, 0) is 30.9 Å². The van der Waals surface area contributed by atoms with Crippen LogP contribution in [-0.2, 0) is 11.3 Å². The van der Waals surface area contributed by atoms with Crippen LogP contribution >= 0.6 is 0 Å². The number of fused-ring (bicyclic) bond motifs is 2. The number of nitrogens with zero attached hydrogens (tertiary/aromatic N) is 2. The number of aliphatic carboxylic acids is 1. The summed E-state index contributed by atoms with van der Waals surface area (Å²) >= 11 is 0. The number of amides is 2. The zero-order valence-electron chi connectivity index (χ0n) is 11.0. The lowest BCUT2D eigenvalue weighted by Crippen LogP contribution is -2.44. The molecule has 2 amide bonds. The fourth-order valence-corrected chi connectivity index (χ4v) is 3.34. The summed E-state index contributed by atoms with van der Waals surface area (Å²) in [6.07, 6.45) is 5.68. The average molecular weight is 275 g/mol. The number of hydrogen-bond acceptors (Lipinski definition) is 3. The summed E-state index contributed by atoms with van der Waals surface area (Å²) in [4.78, 5) is 29.1. The monoisotopic (exact) mass is 275 g/mol. The van der Waals surface area contributed by atoms with Crippen molar-refractivity contribution in [3.63, 3.8) is 0 Å². The van der Waals surface area contributed by atoms with Gasteiger partial charge in [0.1, 0.15) is 0 Å². The van der Waals surface area contributed by atoms with Crippen molar-refractivity contribution in [2.45, 2.75) is 37.9 Å². The van der Waals surface area contributed by atoms with Crippen LogP contribution in [0, 0.1) is 5.92 Å².